The van der Waals surface area contributed by atoms with Crippen LogP contribution in [0, 0.1) is 20.8 Å². The molecule has 0 aromatic heterocycles. The van der Waals surface area contributed by atoms with Gasteiger partial charge in [-0.3, -0.25) is 24.1 Å². The highest BCUT2D eigenvalue weighted by Crippen LogP contribution is 2.35. The molecule has 8 nitrogen and oxygen atoms in total. The molecule has 0 saturated heterocycles. The summed E-state index contributed by atoms with van der Waals surface area (Å²) in [5.41, 5.74) is 7.11. The summed E-state index contributed by atoms with van der Waals surface area (Å²) in [6, 6.07) is 26.1. The topological polar surface area (TPSA) is 96.0 Å². The van der Waals surface area contributed by atoms with Gasteiger partial charge in [0, 0.05) is 29.8 Å². The molecule has 0 spiro atoms. The number of carbonyl (C=O) groups excluding carboxylic acids is 4. The minimum absolute atomic E-state index is 0.0480. The molecule has 0 atom stereocenters. The van der Waals surface area contributed by atoms with Gasteiger partial charge in [-0.05, 0) is 86.3 Å². The number of fused-ring (bicyclic) bond motifs is 1. The Balaban J connectivity index is 1.40. The zero-order valence-corrected chi connectivity index (χ0v) is 25.3. The smallest absolute Gasteiger partial charge is 0.326 e. The van der Waals surface area contributed by atoms with Gasteiger partial charge in [-0.2, -0.15) is 0 Å². The van der Waals surface area contributed by atoms with E-state index in [0.29, 0.717) is 28.2 Å². The average Bonchev–Trinajstić information content (AvgIpc) is 3.14. The summed E-state index contributed by atoms with van der Waals surface area (Å²) < 4.78 is 5.09. The van der Waals surface area contributed by atoms with Crippen LogP contribution in [-0.2, 0) is 14.3 Å². The second-order valence-corrected chi connectivity index (χ2v) is 10.9. The Labute approximate surface area is 257 Å². The number of carbonyl (C=O) groups is 4. The molecule has 0 aliphatic carbocycles. The molecule has 8 heteroatoms. The molecule has 1 aliphatic rings. The molecular weight excluding hydrogens is 554 g/mol. The molecule has 3 amide bonds. The Bertz CT molecular complexity index is 1750. The standard InChI is InChI=1S/C36H35N3O5/c1-5-44-34(41)22-39-32-20-24(3)12-17-31(32)38(19-18-33(39)40)36(43)27-15-16-30(25(4)21-27)37-35(42)29-9-7-6-8-28(29)26-13-10-23(2)11-14-26/h6-17,20-21H,5,18-19,22H2,1-4H3,(H,37,42). The molecule has 224 valence electrons. The number of hydrogen-bond acceptors (Lipinski definition) is 5. The Morgan fingerprint density at radius 1 is 0.841 bits per heavy atom. The summed E-state index contributed by atoms with van der Waals surface area (Å²) >= 11 is 0. The predicted octanol–water partition coefficient (Wildman–Crippen LogP) is 6.48. The van der Waals surface area contributed by atoms with Crippen LogP contribution in [-0.4, -0.2) is 43.4 Å². The molecule has 44 heavy (non-hydrogen) atoms. The Morgan fingerprint density at radius 3 is 2.30 bits per heavy atom. The lowest BCUT2D eigenvalue weighted by Crippen LogP contribution is -2.36. The van der Waals surface area contributed by atoms with Gasteiger partial charge in [-0.25, -0.2) is 0 Å². The van der Waals surface area contributed by atoms with Crippen LogP contribution < -0.4 is 15.1 Å². The minimum atomic E-state index is -0.511. The summed E-state index contributed by atoms with van der Waals surface area (Å²) in [4.78, 5) is 55.7. The Hall–Kier alpha value is -5.24. The van der Waals surface area contributed by atoms with E-state index in [-0.39, 0.29) is 43.8 Å². The predicted molar refractivity (Wildman–Crippen MR) is 172 cm³/mol. The van der Waals surface area contributed by atoms with Crippen molar-refractivity contribution in [1.29, 1.82) is 0 Å². The molecule has 0 fully saturated rings. The lowest BCUT2D eigenvalue weighted by molar-refractivity contribution is -0.142. The molecule has 5 rings (SSSR count). The summed E-state index contributed by atoms with van der Waals surface area (Å²) in [6.45, 7) is 7.59. The third-order valence-corrected chi connectivity index (χ3v) is 7.66. The van der Waals surface area contributed by atoms with Crippen molar-refractivity contribution in [2.75, 3.05) is 34.8 Å². The number of nitrogens with one attached hydrogen (secondary N) is 1. The molecule has 1 aliphatic heterocycles. The lowest BCUT2D eigenvalue weighted by atomic mass is 9.98. The maximum atomic E-state index is 13.9. The van der Waals surface area contributed by atoms with Gasteiger partial charge < -0.3 is 15.0 Å². The zero-order chi connectivity index (χ0) is 31.4. The van der Waals surface area contributed by atoms with E-state index in [4.69, 9.17) is 4.74 Å². The van der Waals surface area contributed by atoms with Crippen LogP contribution in [0.3, 0.4) is 0 Å². The summed E-state index contributed by atoms with van der Waals surface area (Å²) in [6.07, 6.45) is 0.0480. The average molecular weight is 590 g/mol. The third kappa shape index (κ3) is 6.39. The first kappa shape index (κ1) is 30.2. The van der Waals surface area contributed by atoms with Crippen LogP contribution >= 0.6 is 0 Å². The van der Waals surface area contributed by atoms with Crippen molar-refractivity contribution >= 4 is 40.8 Å². The van der Waals surface area contributed by atoms with Crippen LogP contribution in [0.5, 0.6) is 0 Å². The van der Waals surface area contributed by atoms with Gasteiger partial charge in [0.15, 0.2) is 0 Å². The van der Waals surface area contributed by atoms with Crippen molar-refractivity contribution in [2.24, 2.45) is 0 Å². The number of aryl methyl sites for hydroxylation is 3. The van der Waals surface area contributed by atoms with Gasteiger partial charge in [0.25, 0.3) is 11.8 Å². The Kier molecular flexibility index (Phi) is 8.90. The monoisotopic (exact) mass is 589 g/mol. The number of hydrogen-bond donors (Lipinski definition) is 1. The third-order valence-electron chi connectivity index (χ3n) is 7.66. The molecule has 1 N–H and O–H groups in total. The largest absolute Gasteiger partial charge is 0.465 e. The molecule has 4 aromatic rings. The van der Waals surface area contributed by atoms with E-state index >= 15 is 0 Å². The van der Waals surface area contributed by atoms with Gasteiger partial charge in [-0.15, -0.1) is 0 Å². The van der Waals surface area contributed by atoms with Gasteiger partial charge in [-0.1, -0.05) is 54.1 Å². The number of benzene rings is 4. The lowest BCUT2D eigenvalue weighted by Gasteiger charge is -2.26. The maximum absolute atomic E-state index is 13.9. The summed E-state index contributed by atoms with van der Waals surface area (Å²) in [5, 5.41) is 3.01. The van der Waals surface area contributed by atoms with Gasteiger partial charge in [0.1, 0.15) is 6.54 Å². The van der Waals surface area contributed by atoms with Crippen LogP contribution in [0.1, 0.15) is 50.8 Å². The van der Waals surface area contributed by atoms with Gasteiger partial charge in [0.2, 0.25) is 5.91 Å². The van der Waals surface area contributed by atoms with Crippen LogP contribution in [0.15, 0.2) is 84.9 Å². The fourth-order valence-electron chi connectivity index (χ4n) is 5.34. The molecule has 0 bridgehead atoms. The van der Waals surface area contributed by atoms with Crippen molar-refractivity contribution in [3.63, 3.8) is 0 Å². The van der Waals surface area contributed by atoms with Gasteiger partial charge >= 0.3 is 5.97 Å². The highest BCUT2D eigenvalue weighted by atomic mass is 16.5. The molecule has 1 heterocycles. The van der Waals surface area contributed by atoms with Crippen LogP contribution in [0.2, 0.25) is 0 Å². The minimum Gasteiger partial charge on any atom is -0.465 e. The number of rotatable bonds is 7. The fourth-order valence-corrected chi connectivity index (χ4v) is 5.34. The normalized spacial score (nSPS) is 12.8. The molecule has 0 saturated carbocycles. The van der Waals surface area contributed by atoms with Gasteiger partial charge in [0.05, 0.1) is 18.0 Å². The van der Waals surface area contributed by atoms with Crippen molar-refractivity contribution in [3.05, 3.63) is 113 Å². The first-order valence-electron chi connectivity index (χ1n) is 14.6. The van der Waals surface area contributed by atoms with E-state index in [0.717, 1.165) is 27.8 Å². The summed E-state index contributed by atoms with van der Waals surface area (Å²) in [7, 11) is 0. The van der Waals surface area contributed by atoms with Crippen LogP contribution in [0.25, 0.3) is 11.1 Å². The maximum Gasteiger partial charge on any atom is 0.326 e. The number of nitrogens with zero attached hydrogens (tertiary/aromatic N) is 2. The summed E-state index contributed by atoms with van der Waals surface area (Å²) in [5.74, 6) is -1.31. The molecule has 0 unspecified atom stereocenters. The van der Waals surface area contributed by atoms with E-state index < -0.39 is 5.97 Å². The number of anilines is 3. The van der Waals surface area contributed by atoms with E-state index in [1.807, 2.05) is 69.3 Å². The van der Waals surface area contributed by atoms with E-state index in [1.54, 1.807) is 48.2 Å². The highest BCUT2D eigenvalue weighted by Gasteiger charge is 2.31. The quantitative estimate of drug-likeness (QED) is 0.249. The fraction of sp³-hybridized carbons (Fsp3) is 0.222. The second-order valence-electron chi connectivity index (χ2n) is 10.9. The van der Waals surface area contributed by atoms with Crippen molar-refractivity contribution in [3.8, 4) is 11.1 Å². The second kappa shape index (κ2) is 13.0. The molecular formula is C36H35N3O5. The zero-order valence-electron chi connectivity index (χ0n) is 25.3. The van der Waals surface area contributed by atoms with Crippen LogP contribution in [0.4, 0.5) is 17.1 Å². The number of ether oxygens (including phenoxy) is 1. The first-order valence-corrected chi connectivity index (χ1v) is 14.6. The number of esters is 1. The van der Waals surface area contributed by atoms with Crippen molar-refractivity contribution in [1.82, 2.24) is 0 Å². The highest BCUT2D eigenvalue weighted by molar-refractivity contribution is 6.13. The molecule has 0 radical (unpaired) electrons. The Morgan fingerprint density at radius 2 is 1.57 bits per heavy atom. The number of amides is 3. The van der Waals surface area contributed by atoms with Crippen molar-refractivity contribution in [2.45, 2.75) is 34.1 Å². The van der Waals surface area contributed by atoms with E-state index in [9.17, 15) is 19.2 Å². The van der Waals surface area contributed by atoms with Crippen molar-refractivity contribution < 1.29 is 23.9 Å². The SMILES string of the molecule is CCOC(=O)CN1C(=O)CCN(C(=O)c2ccc(NC(=O)c3ccccc3-c3ccc(C)cc3)c(C)c2)c2ccc(C)cc21. The molecule has 4 aromatic carbocycles. The van der Waals surface area contributed by atoms with E-state index in [1.165, 1.54) is 4.90 Å². The first-order chi connectivity index (χ1) is 21.2. The van der Waals surface area contributed by atoms with E-state index in [2.05, 4.69) is 5.32 Å².